The molecule has 1 heterocycles. The quantitative estimate of drug-likeness (QED) is 0.636. The van der Waals surface area contributed by atoms with Crippen LogP contribution in [0.4, 0.5) is 5.69 Å². The highest BCUT2D eigenvalue weighted by Gasteiger charge is 2.05. The van der Waals surface area contributed by atoms with Crippen LogP contribution in [0.15, 0.2) is 45.3 Å². The normalized spacial score (nSPS) is 10.2. The Morgan fingerprint density at radius 1 is 1.41 bits per heavy atom. The average Bonchev–Trinajstić information content (AvgIpc) is 2.32. The third kappa shape index (κ3) is 2.79. The fraction of sp³-hybridized carbons (Fsp3) is 0.0909. The van der Waals surface area contributed by atoms with Crippen LogP contribution < -0.4 is 16.0 Å². The third-order valence-electron chi connectivity index (χ3n) is 2.08. The predicted octanol–water partition coefficient (Wildman–Crippen LogP) is 1.51. The molecular formula is C11H11N3O2S. The number of H-pyrrole nitrogens is 1. The van der Waals surface area contributed by atoms with Crippen molar-refractivity contribution in [2.24, 2.45) is 0 Å². The summed E-state index contributed by atoms with van der Waals surface area (Å²) >= 11 is 1.29. The molecule has 0 saturated carbocycles. The van der Waals surface area contributed by atoms with Crippen LogP contribution in [0.2, 0.25) is 0 Å². The lowest BCUT2D eigenvalue weighted by Crippen LogP contribution is -2.05. The number of hydrogen-bond acceptors (Lipinski definition) is 5. The number of benzene rings is 1. The summed E-state index contributed by atoms with van der Waals surface area (Å²) in [7, 11) is 1.59. The summed E-state index contributed by atoms with van der Waals surface area (Å²) in [6.45, 7) is 0. The fourth-order valence-electron chi connectivity index (χ4n) is 1.24. The van der Waals surface area contributed by atoms with Crippen molar-refractivity contribution < 1.29 is 4.74 Å². The SMILES string of the molecule is COc1ccc(N)c(Sc2nccc(=O)[nH]2)c1. The molecule has 0 amide bonds. The van der Waals surface area contributed by atoms with Gasteiger partial charge in [-0.05, 0) is 30.0 Å². The molecule has 3 N–H and O–H groups in total. The number of nitrogens with two attached hydrogens (primary N) is 1. The van der Waals surface area contributed by atoms with Gasteiger partial charge in [0.2, 0.25) is 0 Å². The molecule has 17 heavy (non-hydrogen) atoms. The van der Waals surface area contributed by atoms with Crippen LogP contribution in [0.25, 0.3) is 0 Å². The van der Waals surface area contributed by atoms with Crippen LogP contribution in [0.3, 0.4) is 0 Å². The Morgan fingerprint density at radius 2 is 2.24 bits per heavy atom. The van der Waals surface area contributed by atoms with Crippen molar-refractivity contribution >= 4 is 17.4 Å². The number of rotatable bonds is 3. The number of anilines is 1. The number of aromatic amines is 1. The Morgan fingerprint density at radius 3 is 2.94 bits per heavy atom. The summed E-state index contributed by atoms with van der Waals surface area (Å²) in [6, 6.07) is 6.69. The molecule has 0 unspecified atom stereocenters. The number of nitrogens with zero attached hydrogens (tertiary/aromatic N) is 1. The first-order chi connectivity index (χ1) is 8.19. The molecule has 0 saturated heterocycles. The fourth-order valence-corrected chi connectivity index (χ4v) is 2.07. The standard InChI is InChI=1S/C11H11N3O2S/c1-16-7-2-3-8(12)9(6-7)17-11-13-5-4-10(15)14-11/h2-6H,12H2,1H3,(H,13,14,15). The van der Waals surface area contributed by atoms with E-state index in [4.69, 9.17) is 10.5 Å². The number of hydrogen-bond donors (Lipinski definition) is 2. The summed E-state index contributed by atoms with van der Waals surface area (Å²) in [4.78, 5) is 18.6. The zero-order chi connectivity index (χ0) is 12.3. The molecule has 6 heteroatoms. The molecule has 0 aliphatic heterocycles. The molecule has 0 aliphatic carbocycles. The van der Waals surface area contributed by atoms with E-state index in [1.165, 1.54) is 24.0 Å². The lowest BCUT2D eigenvalue weighted by atomic mass is 10.3. The molecule has 5 nitrogen and oxygen atoms in total. The molecule has 0 spiro atoms. The van der Waals surface area contributed by atoms with E-state index in [-0.39, 0.29) is 5.56 Å². The summed E-state index contributed by atoms with van der Waals surface area (Å²) in [5.74, 6) is 0.708. The summed E-state index contributed by atoms with van der Waals surface area (Å²) in [5.41, 5.74) is 6.26. The van der Waals surface area contributed by atoms with E-state index in [0.717, 1.165) is 4.90 Å². The van der Waals surface area contributed by atoms with Gasteiger partial charge in [-0.3, -0.25) is 4.79 Å². The van der Waals surface area contributed by atoms with Crippen LogP contribution >= 0.6 is 11.8 Å². The molecule has 0 atom stereocenters. The van der Waals surface area contributed by atoms with Crippen molar-refractivity contribution in [2.45, 2.75) is 10.1 Å². The Bertz CT molecular complexity index is 583. The molecule has 0 radical (unpaired) electrons. The van der Waals surface area contributed by atoms with E-state index < -0.39 is 0 Å². The Hall–Kier alpha value is -1.95. The van der Waals surface area contributed by atoms with Crippen molar-refractivity contribution in [3.8, 4) is 5.75 Å². The van der Waals surface area contributed by atoms with Crippen molar-refractivity contribution in [3.63, 3.8) is 0 Å². The number of nitrogen functional groups attached to an aromatic ring is 1. The van der Waals surface area contributed by atoms with Crippen LogP contribution in [0, 0.1) is 0 Å². The minimum Gasteiger partial charge on any atom is -0.497 e. The van der Waals surface area contributed by atoms with Crippen molar-refractivity contribution in [1.29, 1.82) is 0 Å². The summed E-state index contributed by atoms with van der Waals surface area (Å²) in [6.07, 6.45) is 1.46. The van der Waals surface area contributed by atoms with Gasteiger partial charge in [0.1, 0.15) is 5.75 Å². The lowest BCUT2D eigenvalue weighted by molar-refractivity contribution is 0.414. The molecule has 1 aromatic carbocycles. The van der Waals surface area contributed by atoms with Crippen LogP contribution in [-0.2, 0) is 0 Å². The monoisotopic (exact) mass is 249 g/mol. The number of ether oxygens (including phenoxy) is 1. The minimum absolute atomic E-state index is 0.191. The van der Waals surface area contributed by atoms with Crippen molar-refractivity contribution in [2.75, 3.05) is 12.8 Å². The highest BCUT2D eigenvalue weighted by Crippen LogP contribution is 2.32. The summed E-state index contributed by atoms with van der Waals surface area (Å²) in [5, 5.41) is 0.498. The minimum atomic E-state index is -0.191. The van der Waals surface area contributed by atoms with Gasteiger partial charge < -0.3 is 15.5 Å². The second kappa shape index (κ2) is 4.92. The number of methoxy groups -OCH3 is 1. The molecule has 0 bridgehead atoms. The van der Waals surface area contributed by atoms with Gasteiger partial charge in [-0.25, -0.2) is 4.98 Å². The molecule has 88 valence electrons. The first-order valence-electron chi connectivity index (χ1n) is 4.86. The van der Waals surface area contributed by atoms with Gasteiger partial charge in [-0.1, -0.05) is 0 Å². The first kappa shape index (κ1) is 11.5. The van der Waals surface area contributed by atoms with E-state index in [1.54, 1.807) is 25.3 Å². The van der Waals surface area contributed by atoms with Gasteiger partial charge in [0.15, 0.2) is 5.16 Å². The maximum absolute atomic E-state index is 11.1. The third-order valence-corrected chi connectivity index (χ3v) is 3.05. The predicted molar refractivity (Wildman–Crippen MR) is 66.4 cm³/mol. The highest BCUT2D eigenvalue weighted by atomic mass is 32.2. The Kier molecular flexibility index (Phi) is 3.34. The lowest BCUT2D eigenvalue weighted by Gasteiger charge is -2.06. The van der Waals surface area contributed by atoms with Gasteiger partial charge in [-0.15, -0.1) is 0 Å². The van der Waals surface area contributed by atoms with Crippen molar-refractivity contribution in [1.82, 2.24) is 9.97 Å². The average molecular weight is 249 g/mol. The zero-order valence-corrected chi connectivity index (χ0v) is 9.95. The largest absolute Gasteiger partial charge is 0.497 e. The van der Waals surface area contributed by atoms with Crippen LogP contribution in [0.5, 0.6) is 5.75 Å². The van der Waals surface area contributed by atoms with Gasteiger partial charge in [0.25, 0.3) is 5.56 Å². The Balaban J connectivity index is 2.32. The topological polar surface area (TPSA) is 81.0 Å². The van der Waals surface area contributed by atoms with E-state index in [9.17, 15) is 4.79 Å². The van der Waals surface area contributed by atoms with E-state index in [1.807, 2.05) is 0 Å². The van der Waals surface area contributed by atoms with E-state index >= 15 is 0 Å². The first-order valence-corrected chi connectivity index (χ1v) is 5.67. The second-order valence-corrected chi connectivity index (χ2v) is 4.28. The smallest absolute Gasteiger partial charge is 0.251 e. The highest BCUT2D eigenvalue weighted by molar-refractivity contribution is 7.99. The number of aromatic nitrogens is 2. The van der Waals surface area contributed by atoms with Crippen molar-refractivity contribution in [3.05, 3.63) is 40.8 Å². The van der Waals surface area contributed by atoms with Gasteiger partial charge in [-0.2, -0.15) is 0 Å². The van der Waals surface area contributed by atoms with E-state index in [0.29, 0.717) is 16.6 Å². The molecular weight excluding hydrogens is 238 g/mol. The van der Waals surface area contributed by atoms with Crippen LogP contribution in [0.1, 0.15) is 0 Å². The number of nitrogens with one attached hydrogen (secondary N) is 1. The van der Waals surface area contributed by atoms with Crippen LogP contribution in [-0.4, -0.2) is 17.1 Å². The molecule has 2 aromatic rings. The zero-order valence-electron chi connectivity index (χ0n) is 9.14. The molecule has 0 fully saturated rings. The van der Waals surface area contributed by atoms with E-state index in [2.05, 4.69) is 9.97 Å². The maximum Gasteiger partial charge on any atom is 0.251 e. The second-order valence-electron chi connectivity index (χ2n) is 3.25. The molecule has 1 aromatic heterocycles. The van der Waals surface area contributed by atoms with Gasteiger partial charge in [0.05, 0.1) is 7.11 Å². The summed E-state index contributed by atoms with van der Waals surface area (Å²) < 4.78 is 5.11. The molecule has 0 aliphatic rings. The maximum atomic E-state index is 11.1. The van der Waals surface area contributed by atoms with Gasteiger partial charge >= 0.3 is 0 Å². The molecule has 2 rings (SSSR count). The van der Waals surface area contributed by atoms with Gasteiger partial charge in [0, 0.05) is 22.8 Å². The Labute approximate surface area is 102 Å².